The van der Waals surface area contributed by atoms with Gasteiger partial charge >= 0.3 is 0 Å². The van der Waals surface area contributed by atoms with E-state index in [0.29, 0.717) is 11.1 Å². The highest BCUT2D eigenvalue weighted by atomic mass is 16.2. The van der Waals surface area contributed by atoms with Gasteiger partial charge in [0.2, 0.25) is 11.6 Å². The molecular weight excluding hydrogens is 274 g/mol. The zero-order valence-corrected chi connectivity index (χ0v) is 12.4. The lowest BCUT2D eigenvalue weighted by Crippen LogP contribution is -2.21. The van der Waals surface area contributed by atoms with E-state index < -0.39 is 11.6 Å². The van der Waals surface area contributed by atoms with Crippen molar-refractivity contribution in [3.05, 3.63) is 65.2 Å². The van der Waals surface area contributed by atoms with Crippen molar-refractivity contribution in [2.45, 2.75) is 6.42 Å². The Balaban J connectivity index is 2.03. The highest BCUT2D eigenvalue weighted by Crippen LogP contribution is 2.34. The highest BCUT2D eigenvalue weighted by Gasteiger charge is 2.29. The summed E-state index contributed by atoms with van der Waals surface area (Å²) >= 11 is 0. The van der Waals surface area contributed by atoms with Crippen molar-refractivity contribution < 1.29 is 9.59 Å². The van der Waals surface area contributed by atoms with E-state index in [2.05, 4.69) is 11.4 Å². The average Bonchev–Trinajstić information content (AvgIpc) is 2.56. The number of Topliss-reactive ketones (excluding diaryl/α,β-unsaturated/α-hetero) is 2. The normalized spacial score (nSPS) is 13.3. The Kier molecular flexibility index (Phi) is 3.98. The zero-order chi connectivity index (χ0) is 15.5. The summed E-state index contributed by atoms with van der Waals surface area (Å²) < 4.78 is 0. The molecule has 0 unspecified atom stereocenters. The third-order valence-corrected chi connectivity index (χ3v) is 3.83. The molecule has 0 saturated heterocycles. The van der Waals surface area contributed by atoms with Crippen LogP contribution in [0, 0.1) is 0 Å². The summed E-state index contributed by atoms with van der Waals surface area (Å²) in [7, 11) is 1.92. The maximum atomic E-state index is 12.2. The Hall–Kier alpha value is -2.52. The quantitative estimate of drug-likeness (QED) is 0.694. The lowest BCUT2D eigenvalue weighted by atomic mass is 9.83. The molecule has 1 aliphatic rings. The molecule has 0 fully saturated rings. The molecule has 0 heterocycles. The van der Waals surface area contributed by atoms with Crippen LogP contribution in [0.4, 0.5) is 0 Å². The molecule has 1 aliphatic carbocycles. The fourth-order valence-corrected chi connectivity index (χ4v) is 2.69. The lowest BCUT2D eigenvalue weighted by Gasteiger charge is -2.18. The summed E-state index contributed by atoms with van der Waals surface area (Å²) in [4.78, 5) is 24.4. The van der Waals surface area contributed by atoms with Crippen LogP contribution in [0.5, 0.6) is 0 Å². The summed E-state index contributed by atoms with van der Waals surface area (Å²) in [5, 5.41) is 3.09. The maximum Gasteiger partial charge on any atom is 0.234 e. The van der Waals surface area contributed by atoms with E-state index in [1.165, 1.54) is 0 Å². The van der Waals surface area contributed by atoms with Crippen LogP contribution in [-0.2, 0) is 0 Å². The second kappa shape index (κ2) is 6.08. The summed E-state index contributed by atoms with van der Waals surface area (Å²) in [6.07, 6.45) is 5.09. The summed E-state index contributed by atoms with van der Waals surface area (Å²) in [5.41, 5.74) is 3.71. The van der Waals surface area contributed by atoms with Crippen molar-refractivity contribution in [1.82, 2.24) is 5.32 Å². The van der Waals surface area contributed by atoms with E-state index in [1.807, 2.05) is 37.4 Å². The first-order chi connectivity index (χ1) is 10.7. The number of hydrogen-bond acceptors (Lipinski definition) is 3. The molecule has 0 amide bonds. The van der Waals surface area contributed by atoms with Crippen LogP contribution in [0.2, 0.25) is 0 Å². The fourth-order valence-electron chi connectivity index (χ4n) is 2.69. The minimum atomic E-state index is -0.417. The van der Waals surface area contributed by atoms with Crippen LogP contribution >= 0.6 is 0 Å². The van der Waals surface area contributed by atoms with Crippen molar-refractivity contribution in [2.75, 3.05) is 13.6 Å². The Bertz CT molecular complexity index is 775. The minimum absolute atomic E-state index is 0.416. The van der Waals surface area contributed by atoms with Crippen molar-refractivity contribution in [1.29, 1.82) is 0 Å². The second-order valence-corrected chi connectivity index (χ2v) is 5.30. The number of benzene rings is 2. The molecule has 0 aliphatic heterocycles. The van der Waals surface area contributed by atoms with Crippen LogP contribution in [0.3, 0.4) is 0 Å². The largest absolute Gasteiger partial charge is 0.319 e. The highest BCUT2D eigenvalue weighted by molar-refractivity contribution is 6.53. The van der Waals surface area contributed by atoms with E-state index >= 15 is 0 Å². The third kappa shape index (κ3) is 2.51. The minimum Gasteiger partial charge on any atom is -0.319 e. The number of carbonyl (C=O) groups excluding carboxylic acids is 2. The van der Waals surface area contributed by atoms with Gasteiger partial charge in [0, 0.05) is 11.1 Å². The van der Waals surface area contributed by atoms with E-state index in [0.717, 1.165) is 29.7 Å². The SMILES string of the molecule is CNCCC=Cc1ccc2c(c1)-c1ccccc1C(=O)C2=O. The standard InChI is InChI=1S/C19H17NO2/c1-20-11-5-4-6-13-9-10-16-17(12-13)14-7-2-3-8-15(14)18(21)19(16)22/h2-4,6-10,12,20H,5,11H2,1H3. The molecule has 1 N–H and O–H groups in total. The van der Waals surface area contributed by atoms with Gasteiger partial charge in [-0.3, -0.25) is 9.59 Å². The van der Waals surface area contributed by atoms with Crippen LogP contribution in [0.25, 0.3) is 17.2 Å². The van der Waals surface area contributed by atoms with E-state index in [9.17, 15) is 9.59 Å². The number of carbonyl (C=O) groups is 2. The molecule has 0 aromatic heterocycles. The van der Waals surface area contributed by atoms with Gasteiger partial charge in [-0.15, -0.1) is 0 Å². The molecular formula is C19H17NO2. The monoisotopic (exact) mass is 291 g/mol. The maximum absolute atomic E-state index is 12.2. The van der Waals surface area contributed by atoms with E-state index in [1.54, 1.807) is 18.2 Å². The van der Waals surface area contributed by atoms with Crippen molar-refractivity contribution in [3.8, 4) is 11.1 Å². The molecule has 3 heteroatoms. The predicted octanol–water partition coefficient (Wildman–Crippen LogP) is 3.36. The van der Waals surface area contributed by atoms with Crippen LogP contribution in [0.15, 0.2) is 48.5 Å². The van der Waals surface area contributed by atoms with Gasteiger partial charge < -0.3 is 5.32 Å². The molecule has 0 atom stereocenters. The van der Waals surface area contributed by atoms with E-state index in [-0.39, 0.29) is 0 Å². The first-order valence-electron chi connectivity index (χ1n) is 7.36. The fraction of sp³-hybridized carbons (Fsp3) is 0.158. The van der Waals surface area contributed by atoms with Gasteiger partial charge in [0.25, 0.3) is 0 Å². The van der Waals surface area contributed by atoms with Crippen LogP contribution in [0.1, 0.15) is 32.7 Å². The Morgan fingerprint density at radius 2 is 1.59 bits per heavy atom. The first kappa shape index (κ1) is 14.4. The van der Waals surface area contributed by atoms with Crippen LogP contribution in [-0.4, -0.2) is 25.2 Å². The molecule has 0 spiro atoms. The summed E-state index contributed by atoms with van der Waals surface area (Å²) in [6.45, 7) is 0.928. The number of ketones is 2. The molecule has 0 saturated carbocycles. The van der Waals surface area contributed by atoms with Gasteiger partial charge in [-0.05, 0) is 48.8 Å². The molecule has 0 bridgehead atoms. The molecule has 110 valence electrons. The van der Waals surface area contributed by atoms with E-state index in [4.69, 9.17) is 0 Å². The second-order valence-electron chi connectivity index (χ2n) is 5.30. The topological polar surface area (TPSA) is 46.2 Å². The number of hydrogen-bond donors (Lipinski definition) is 1. The van der Waals surface area contributed by atoms with Gasteiger partial charge in [0.1, 0.15) is 0 Å². The van der Waals surface area contributed by atoms with Crippen molar-refractivity contribution in [3.63, 3.8) is 0 Å². The average molecular weight is 291 g/mol. The predicted molar refractivity (Wildman–Crippen MR) is 88.1 cm³/mol. The molecule has 2 aromatic rings. The molecule has 2 aromatic carbocycles. The van der Waals surface area contributed by atoms with Crippen molar-refractivity contribution >= 4 is 17.6 Å². The summed E-state index contributed by atoms with van der Waals surface area (Å²) in [5.74, 6) is -0.833. The summed E-state index contributed by atoms with van der Waals surface area (Å²) in [6, 6.07) is 12.9. The van der Waals surface area contributed by atoms with Gasteiger partial charge in [-0.25, -0.2) is 0 Å². The zero-order valence-electron chi connectivity index (χ0n) is 12.4. The lowest BCUT2D eigenvalue weighted by molar-refractivity contribution is 0.0815. The van der Waals surface area contributed by atoms with Gasteiger partial charge in [0.05, 0.1) is 0 Å². The van der Waals surface area contributed by atoms with Gasteiger partial charge in [-0.2, -0.15) is 0 Å². The van der Waals surface area contributed by atoms with Crippen LogP contribution < -0.4 is 5.32 Å². The Labute approximate surface area is 129 Å². The molecule has 22 heavy (non-hydrogen) atoms. The Morgan fingerprint density at radius 3 is 2.32 bits per heavy atom. The van der Waals surface area contributed by atoms with Gasteiger partial charge in [0.15, 0.2) is 0 Å². The van der Waals surface area contributed by atoms with Gasteiger partial charge in [-0.1, -0.05) is 42.5 Å². The Morgan fingerprint density at radius 1 is 0.909 bits per heavy atom. The molecule has 0 radical (unpaired) electrons. The third-order valence-electron chi connectivity index (χ3n) is 3.83. The van der Waals surface area contributed by atoms with Crippen molar-refractivity contribution in [2.24, 2.45) is 0 Å². The number of nitrogens with one attached hydrogen (secondary N) is 1. The number of rotatable bonds is 4. The molecule has 3 nitrogen and oxygen atoms in total. The number of fused-ring (bicyclic) bond motifs is 3. The smallest absolute Gasteiger partial charge is 0.234 e. The molecule has 3 rings (SSSR count). The first-order valence-corrected chi connectivity index (χ1v) is 7.36.